The smallest absolute Gasteiger partial charge is 0.326 e. The standard InChI is InChI=1S/C30H38N6O7/c1-3-16(2)26(32)29(41)35-22(13-18-15-33-21-7-5-4-6-20(18)21)27(39)34-23(14-25(31)38)28(40)36-24(30(42)43)12-17-8-10-19(37)11-9-17/h4-11,15-16,22-24,26,33,37H,3,12-14,32H2,1-2H3,(H2,31,38)(H,34,39)(H,35,41)(H,36,40)(H,42,43). The Morgan fingerprint density at radius 2 is 1.47 bits per heavy atom. The SMILES string of the molecule is CCC(C)C(N)C(=O)NC(Cc1c[nH]c2ccccc12)C(=O)NC(CC(N)=O)C(=O)NC(Cc1ccc(O)cc1)C(=O)O. The number of carbonyl (C=O) groups excluding carboxylic acids is 4. The predicted molar refractivity (Wildman–Crippen MR) is 158 cm³/mol. The number of para-hydroxylation sites is 1. The number of phenols is 1. The van der Waals surface area contributed by atoms with Gasteiger partial charge < -0.3 is 42.6 Å². The molecule has 0 saturated carbocycles. The molecule has 0 aliphatic heterocycles. The molecule has 1 aromatic heterocycles. The number of aromatic nitrogens is 1. The number of phenolic OH excluding ortho intramolecular Hbond substituents is 1. The lowest BCUT2D eigenvalue weighted by Crippen LogP contribution is -2.58. The third kappa shape index (κ3) is 9.04. The fourth-order valence-electron chi connectivity index (χ4n) is 4.53. The van der Waals surface area contributed by atoms with Gasteiger partial charge in [0.1, 0.15) is 23.9 Å². The number of benzene rings is 2. The molecule has 3 aromatic rings. The van der Waals surface area contributed by atoms with Gasteiger partial charge in [-0.3, -0.25) is 19.2 Å². The van der Waals surface area contributed by atoms with Crippen molar-refractivity contribution >= 4 is 40.5 Å². The molecule has 13 heteroatoms. The van der Waals surface area contributed by atoms with E-state index in [0.29, 0.717) is 17.5 Å². The van der Waals surface area contributed by atoms with Crippen LogP contribution in [0.1, 0.15) is 37.8 Å². The van der Waals surface area contributed by atoms with Gasteiger partial charge in [-0.15, -0.1) is 0 Å². The van der Waals surface area contributed by atoms with Crippen molar-refractivity contribution in [1.82, 2.24) is 20.9 Å². The number of carboxylic acid groups (broad SMARTS) is 1. The molecule has 13 nitrogen and oxygen atoms in total. The topological polar surface area (TPSA) is 230 Å². The third-order valence-electron chi connectivity index (χ3n) is 7.32. The Kier molecular flexibility index (Phi) is 11.2. The summed E-state index contributed by atoms with van der Waals surface area (Å²) in [6, 6.07) is 8.10. The van der Waals surface area contributed by atoms with Crippen LogP contribution in [0.3, 0.4) is 0 Å². The van der Waals surface area contributed by atoms with Crippen molar-refractivity contribution in [3.63, 3.8) is 0 Å². The lowest BCUT2D eigenvalue weighted by molar-refractivity contribution is -0.142. The molecule has 0 radical (unpaired) electrons. The van der Waals surface area contributed by atoms with Crippen LogP contribution in [-0.4, -0.2) is 69.0 Å². The lowest BCUT2D eigenvalue weighted by Gasteiger charge is -2.26. The van der Waals surface area contributed by atoms with Gasteiger partial charge in [-0.1, -0.05) is 50.6 Å². The number of aliphatic carboxylic acids is 1. The zero-order valence-corrected chi connectivity index (χ0v) is 24.0. The second-order valence-corrected chi connectivity index (χ2v) is 10.5. The minimum absolute atomic E-state index is 0.0108. The summed E-state index contributed by atoms with van der Waals surface area (Å²) in [5.41, 5.74) is 13.5. The van der Waals surface area contributed by atoms with Crippen molar-refractivity contribution in [3.05, 3.63) is 65.9 Å². The molecule has 5 unspecified atom stereocenters. The lowest BCUT2D eigenvalue weighted by atomic mass is 9.98. The maximum Gasteiger partial charge on any atom is 0.326 e. The van der Waals surface area contributed by atoms with E-state index in [1.807, 2.05) is 38.1 Å². The second kappa shape index (κ2) is 14.8. The van der Waals surface area contributed by atoms with E-state index in [-0.39, 0.29) is 24.5 Å². The number of nitrogens with one attached hydrogen (secondary N) is 4. The van der Waals surface area contributed by atoms with Crippen molar-refractivity contribution in [1.29, 1.82) is 0 Å². The third-order valence-corrected chi connectivity index (χ3v) is 7.32. The summed E-state index contributed by atoms with van der Waals surface area (Å²) in [5, 5.41) is 27.5. The Morgan fingerprint density at radius 3 is 2.09 bits per heavy atom. The number of aromatic hydroxyl groups is 1. The van der Waals surface area contributed by atoms with E-state index < -0.39 is 60.2 Å². The largest absolute Gasteiger partial charge is 0.508 e. The zero-order chi connectivity index (χ0) is 31.7. The highest BCUT2D eigenvalue weighted by molar-refractivity contribution is 5.96. The van der Waals surface area contributed by atoms with Crippen LogP contribution in [0.5, 0.6) is 5.75 Å². The van der Waals surface area contributed by atoms with E-state index in [0.717, 1.165) is 10.9 Å². The molecular weight excluding hydrogens is 556 g/mol. The zero-order valence-electron chi connectivity index (χ0n) is 24.0. The van der Waals surface area contributed by atoms with E-state index in [4.69, 9.17) is 11.5 Å². The monoisotopic (exact) mass is 594 g/mol. The highest BCUT2D eigenvalue weighted by Gasteiger charge is 2.32. The number of carboxylic acids is 1. The summed E-state index contributed by atoms with van der Waals surface area (Å²) in [6.07, 6.45) is 1.61. The van der Waals surface area contributed by atoms with Crippen LogP contribution in [-0.2, 0) is 36.8 Å². The highest BCUT2D eigenvalue weighted by atomic mass is 16.4. The Bertz CT molecular complexity index is 1450. The Morgan fingerprint density at radius 1 is 0.860 bits per heavy atom. The number of nitrogens with two attached hydrogens (primary N) is 2. The van der Waals surface area contributed by atoms with Crippen molar-refractivity contribution in [2.45, 2.75) is 63.7 Å². The van der Waals surface area contributed by atoms with Gasteiger partial charge in [0.2, 0.25) is 23.6 Å². The molecule has 0 bridgehead atoms. The van der Waals surface area contributed by atoms with Gasteiger partial charge in [-0.2, -0.15) is 0 Å². The fraction of sp³-hybridized carbons (Fsp3) is 0.367. The van der Waals surface area contributed by atoms with Gasteiger partial charge in [-0.05, 0) is 35.2 Å². The van der Waals surface area contributed by atoms with Gasteiger partial charge in [0.15, 0.2) is 0 Å². The molecule has 3 rings (SSSR count). The molecule has 0 fully saturated rings. The number of carbonyl (C=O) groups is 5. The van der Waals surface area contributed by atoms with Crippen LogP contribution in [0.15, 0.2) is 54.7 Å². The number of rotatable bonds is 15. The van der Waals surface area contributed by atoms with E-state index in [1.54, 1.807) is 6.20 Å². The first kappa shape index (κ1) is 32.6. The minimum atomic E-state index is -1.53. The maximum atomic E-state index is 13.6. The van der Waals surface area contributed by atoms with Crippen LogP contribution < -0.4 is 27.4 Å². The molecule has 5 atom stereocenters. The van der Waals surface area contributed by atoms with Crippen LogP contribution in [0.25, 0.3) is 10.9 Å². The normalized spacial score (nSPS) is 14.6. The number of H-pyrrole nitrogens is 1. The van der Waals surface area contributed by atoms with Gasteiger partial charge in [0, 0.05) is 29.9 Å². The van der Waals surface area contributed by atoms with E-state index in [1.165, 1.54) is 24.3 Å². The summed E-state index contributed by atoms with van der Waals surface area (Å²) < 4.78 is 0. The Labute approximate surface area is 248 Å². The van der Waals surface area contributed by atoms with Crippen molar-refractivity contribution in [2.75, 3.05) is 0 Å². The van der Waals surface area contributed by atoms with Crippen molar-refractivity contribution < 1.29 is 34.2 Å². The first-order valence-electron chi connectivity index (χ1n) is 13.9. The van der Waals surface area contributed by atoms with Gasteiger partial charge in [0.05, 0.1) is 12.5 Å². The number of hydrogen-bond acceptors (Lipinski definition) is 7. The Hall–Kier alpha value is -4.91. The fourth-order valence-corrected chi connectivity index (χ4v) is 4.53. The molecule has 43 heavy (non-hydrogen) atoms. The first-order valence-corrected chi connectivity index (χ1v) is 13.9. The van der Waals surface area contributed by atoms with Crippen LogP contribution in [0.4, 0.5) is 0 Å². The summed E-state index contributed by atoms with van der Waals surface area (Å²) in [5.74, 6) is -4.76. The molecule has 4 amide bonds. The predicted octanol–water partition coefficient (Wildman–Crippen LogP) is 0.447. The average Bonchev–Trinajstić information content (AvgIpc) is 3.38. The van der Waals surface area contributed by atoms with Crippen LogP contribution >= 0.6 is 0 Å². The quantitative estimate of drug-likeness (QED) is 0.123. The molecule has 230 valence electrons. The molecule has 1 heterocycles. The van der Waals surface area contributed by atoms with E-state index in [9.17, 15) is 34.2 Å². The molecule has 0 spiro atoms. The van der Waals surface area contributed by atoms with Crippen LogP contribution in [0, 0.1) is 5.92 Å². The number of aromatic amines is 1. The van der Waals surface area contributed by atoms with E-state index in [2.05, 4.69) is 20.9 Å². The average molecular weight is 595 g/mol. The summed E-state index contributed by atoms with van der Waals surface area (Å²) in [4.78, 5) is 66.7. The van der Waals surface area contributed by atoms with Gasteiger partial charge in [0.25, 0.3) is 0 Å². The van der Waals surface area contributed by atoms with E-state index >= 15 is 0 Å². The highest BCUT2D eigenvalue weighted by Crippen LogP contribution is 2.20. The summed E-state index contributed by atoms with van der Waals surface area (Å²) in [6.45, 7) is 3.69. The first-order chi connectivity index (χ1) is 20.4. The Balaban J connectivity index is 1.83. The number of fused-ring (bicyclic) bond motifs is 1. The molecular formula is C30H38N6O7. The van der Waals surface area contributed by atoms with Crippen molar-refractivity contribution in [2.24, 2.45) is 17.4 Å². The molecule has 0 aliphatic carbocycles. The van der Waals surface area contributed by atoms with Crippen LogP contribution in [0.2, 0.25) is 0 Å². The molecule has 2 aromatic carbocycles. The second-order valence-electron chi connectivity index (χ2n) is 10.5. The van der Waals surface area contributed by atoms with Crippen molar-refractivity contribution in [3.8, 4) is 5.75 Å². The minimum Gasteiger partial charge on any atom is -0.508 e. The van der Waals surface area contributed by atoms with Gasteiger partial charge in [-0.25, -0.2) is 4.79 Å². The molecule has 10 N–H and O–H groups in total. The number of amides is 4. The molecule has 0 saturated heterocycles. The number of hydrogen-bond donors (Lipinski definition) is 8. The maximum absolute atomic E-state index is 13.6. The summed E-state index contributed by atoms with van der Waals surface area (Å²) in [7, 11) is 0. The van der Waals surface area contributed by atoms with Gasteiger partial charge >= 0.3 is 5.97 Å². The number of primary amides is 1. The summed E-state index contributed by atoms with van der Waals surface area (Å²) >= 11 is 0. The molecule has 0 aliphatic rings.